The third-order valence-electron chi connectivity index (χ3n) is 4.23. The quantitative estimate of drug-likeness (QED) is 0.859. The van der Waals surface area contributed by atoms with Gasteiger partial charge in [-0.15, -0.1) is 0 Å². The number of rotatable bonds is 5. The van der Waals surface area contributed by atoms with Gasteiger partial charge in [0.05, 0.1) is 7.11 Å². The van der Waals surface area contributed by atoms with Gasteiger partial charge in [0.1, 0.15) is 5.75 Å². The van der Waals surface area contributed by atoms with E-state index < -0.39 is 0 Å². The topological polar surface area (TPSA) is 21.3 Å². The highest BCUT2D eigenvalue weighted by molar-refractivity contribution is 5.33. The third kappa shape index (κ3) is 2.86. The van der Waals surface area contributed by atoms with Crippen molar-refractivity contribution in [1.29, 1.82) is 0 Å². The molecule has 100 valence electrons. The lowest BCUT2D eigenvalue weighted by Gasteiger charge is -2.38. The van der Waals surface area contributed by atoms with Crippen LogP contribution < -0.4 is 10.1 Å². The normalized spacial score (nSPS) is 18.6. The maximum absolute atomic E-state index is 5.25. The van der Waals surface area contributed by atoms with Crippen molar-refractivity contribution in [1.82, 2.24) is 5.32 Å². The molecule has 0 spiro atoms. The molecular formula is C16H25NO. The van der Waals surface area contributed by atoms with E-state index in [1.165, 1.54) is 37.7 Å². The van der Waals surface area contributed by atoms with E-state index in [9.17, 15) is 0 Å². The Balaban J connectivity index is 2.20. The van der Waals surface area contributed by atoms with E-state index >= 15 is 0 Å². The lowest BCUT2D eigenvalue weighted by Crippen LogP contribution is -2.39. The molecular weight excluding hydrogens is 222 g/mol. The van der Waals surface area contributed by atoms with E-state index in [1.807, 2.05) is 0 Å². The number of hydrogen-bond acceptors (Lipinski definition) is 2. The molecule has 1 saturated carbocycles. The third-order valence-corrected chi connectivity index (χ3v) is 4.23. The van der Waals surface area contributed by atoms with Gasteiger partial charge in [0.15, 0.2) is 0 Å². The predicted molar refractivity (Wildman–Crippen MR) is 76.3 cm³/mol. The van der Waals surface area contributed by atoms with Gasteiger partial charge in [-0.1, -0.05) is 38.3 Å². The molecule has 1 fully saturated rings. The van der Waals surface area contributed by atoms with Gasteiger partial charge in [-0.3, -0.25) is 0 Å². The average molecular weight is 247 g/mol. The molecule has 0 bridgehead atoms. The Bertz CT molecular complexity index is 352. The number of methoxy groups -OCH3 is 1. The van der Waals surface area contributed by atoms with Gasteiger partial charge in [-0.05, 0) is 37.1 Å². The minimum absolute atomic E-state index is 0.348. The van der Waals surface area contributed by atoms with Gasteiger partial charge >= 0.3 is 0 Å². The summed E-state index contributed by atoms with van der Waals surface area (Å²) >= 11 is 0. The zero-order chi connectivity index (χ0) is 12.8. The second kappa shape index (κ2) is 6.24. The maximum atomic E-state index is 5.25. The zero-order valence-electron chi connectivity index (χ0n) is 11.7. The SMILES string of the molecule is CCNCC1(c2ccc(OC)cc2)CCCCC1. The number of nitrogens with one attached hydrogen (secondary N) is 1. The fourth-order valence-corrected chi connectivity index (χ4v) is 3.10. The van der Waals surface area contributed by atoms with Crippen molar-refractivity contribution in [2.45, 2.75) is 44.4 Å². The van der Waals surface area contributed by atoms with Gasteiger partial charge < -0.3 is 10.1 Å². The molecule has 0 aromatic heterocycles. The van der Waals surface area contributed by atoms with Gasteiger partial charge in [0.2, 0.25) is 0 Å². The Kier molecular flexibility index (Phi) is 4.65. The van der Waals surface area contributed by atoms with Gasteiger partial charge in [0.25, 0.3) is 0 Å². The van der Waals surface area contributed by atoms with E-state index in [-0.39, 0.29) is 0 Å². The zero-order valence-corrected chi connectivity index (χ0v) is 11.7. The van der Waals surface area contributed by atoms with Gasteiger partial charge in [-0.2, -0.15) is 0 Å². The van der Waals surface area contributed by atoms with Crippen molar-refractivity contribution in [2.24, 2.45) is 0 Å². The smallest absolute Gasteiger partial charge is 0.118 e. The van der Waals surface area contributed by atoms with E-state index in [1.54, 1.807) is 7.11 Å². The van der Waals surface area contributed by atoms with Crippen molar-refractivity contribution < 1.29 is 4.74 Å². The molecule has 0 heterocycles. The van der Waals surface area contributed by atoms with E-state index in [4.69, 9.17) is 4.74 Å². The van der Waals surface area contributed by atoms with Crippen LogP contribution in [-0.4, -0.2) is 20.2 Å². The Labute approximate surface area is 111 Å². The molecule has 1 N–H and O–H groups in total. The van der Waals surface area contributed by atoms with E-state index in [0.717, 1.165) is 18.8 Å². The molecule has 0 atom stereocenters. The molecule has 1 aromatic rings. The molecule has 1 aromatic carbocycles. The number of likely N-dealkylation sites (N-methyl/N-ethyl adjacent to an activating group) is 1. The second-order valence-corrected chi connectivity index (χ2v) is 5.35. The molecule has 18 heavy (non-hydrogen) atoms. The van der Waals surface area contributed by atoms with Crippen molar-refractivity contribution in [3.05, 3.63) is 29.8 Å². The Morgan fingerprint density at radius 2 is 1.78 bits per heavy atom. The van der Waals surface area contributed by atoms with Crippen LogP contribution in [-0.2, 0) is 5.41 Å². The summed E-state index contributed by atoms with van der Waals surface area (Å²) in [6.45, 7) is 4.35. The summed E-state index contributed by atoms with van der Waals surface area (Å²) in [7, 11) is 1.73. The van der Waals surface area contributed by atoms with Crippen LogP contribution in [0.4, 0.5) is 0 Å². The van der Waals surface area contributed by atoms with Crippen LogP contribution in [0.2, 0.25) is 0 Å². The summed E-state index contributed by atoms with van der Waals surface area (Å²) in [5.74, 6) is 0.952. The molecule has 1 aliphatic carbocycles. The van der Waals surface area contributed by atoms with Crippen molar-refractivity contribution in [3.8, 4) is 5.75 Å². The molecule has 0 aliphatic heterocycles. The summed E-state index contributed by atoms with van der Waals surface area (Å²) in [5.41, 5.74) is 1.82. The first-order valence-corrected chi connectivity index (χ1v) is 7.16. The van der Waals surface area contributed by atoms with Gasteiger partial charge in [0, 0.05) is 12.0 Å². The van der Waals surface area contributed by atoms with Crippen LogP contribution in [0, 0.1) is 0 Å². The van der Waals surface area contributed by atoms with Crippen LogP contribution in [0.1, 0.15) is 44.6 Å². The van der Waals surface area contributed by atoms with Crippen LogP contribution in [0.25, 0.3) is 0 Å². The Morgan fingerprint density at radius 1 is 1.11 bits per heavy atom. The molecule has 0 unspecified atom stereocenters. The fraction of sp³-hybridized carbons (Fsp3) is 0.625. The van der Waals surface area contributed by atoms with Crippen molar-refractivity contribution in [3.63, 3.8) is 0 Å². The molecule has 2 rings (SSSR count). The van der Waals surface area contributed by atoms with Crippen LogP contribution in [0.5, 0.6) is 5.75 Å². The largest absolute Gasteiger partial charge is 0.497 e. The molecule has 0 saturated heterocycles. The van der Waals surface area contributed by atoms with E-state index in [0.29, 0.717) is 5.41 Å². The van der Waals surface area contributed by atoms with Crippen molar-refractivity contribution >= 4 is 0 Å². The van der Waals surface area contributed by atoms with Crippen molar-refractivity contribution in [2.75, 3.05) is 20.2 Å². The highest BCUT2D eigenvalue weighted by Crippen LogP contribution is 2.39. The Hall–Kier alpha value is -1.02. The van der Waals surface area contributed by atoms with Crippen LogP contribution in [0.15, 0.2) is 24.3 Å². The first kappa shape index (κ1) is 13.4. The standard InChI is InChI=1S/C16H25NO/c1-3-17-13-16(11-5-4-6-12-16)14-7-9-15(18-2)10-8-14/h7-10,17H,3-6,11-13H2,1-2H3. The average Bonchev–Trinajstić information content (AvgIpc) is 2.46. The molecule has 2 heteroatoms. The predicted octanol–water partition coefficient (Wildman–Crippen LogP) is 3.51. The first-order valence-electron chi connectivity index (χ1n) is 7.16. The van der Waals surface area contributed by atoms with Crippen LogP contribution in [0.3, 0.4) is 0 Å². The lowest BCUT2D eigenvalue weighted by atomic mass is 9.69. The summed E-state index contributed by atoms with van der Waals surface area (Å²) in [6, 6.07) is 8.69. The summed E-state index contributed by atoms with van der Waals surface area (Å²) < 4.78 is 5.25. The number of benzene rings is 1. The minimum Gasteiger partial charge on any atom is -0.497 e. The highest BCUT2D eigenvalue weighted by atomic mass is 16.5. The highest BCUT2D eigenvalue weighted by Gasteiger charge is 2.33. The maximum Gasteiger partial charge on any atom is 0.118 e. The monoisotopic (exact) mass is 247 g/mol. The number of ether oxygens (including phenoxy) is 1. The minimum atomic E-state index is 0.348. The van der Waals surface area contributed by atoms with Crippen LogP contribution >= 0.6 is 0 Å². The van der Waals surface area contributed by atoms with Gasteiger partial charge in [-0.25, -0.2) is 0 Å². The second-order valence-electron chi connectivity index (χ2n) is 5.35. The lowest BCUT2D eigenvalue weighted by molar-refractivity contribution is 0.281. The Morgan fingerprint density at radius 3 is 2.33 bits per heavy atom. The molecule has 0 radical (unpaired) electrons. The summed E-state index contributed by atoms with van der Waals surface area (Å²) in [4.78, 5) is 0. The van der Waals surface area contributed by atoms with E-state index in [2.05, 4.69) is 36.5 Å². The first-order chi connectivity index (χ1) is 8.80. The fourth-order valence-electron chi connectivity index (χ4n) is 3.10. The molecule has 0 amide bonds. The molecule has 2 nitrogen and oxygen atoms in total. The summed E-state index contributed by atoms with van der Waals surface area (Å²) in [5, 5.41) is 3.55. The number of hydrogen-bond donors (Lipinski definition) is 1. The summed E-state index contributed by atoms with van der Waals surface area (Å²) in [6.07, 6.45) is 6.73. The molecule has 1 aliphatic rings.